The molecule has 0 saturated carbocycles. The third kappa shape index (κ3) is 4.35. The molecule has 2 N–H and O–H groups in total. The maximum atomic E-state index is 13.0. The van der Waals surface area contributed by atoms with E-state index in [1.165, 1.54) is 25.3 Å². The molecule has 1 aromatic rings. The van der Waals surface area contributed by atoms with Crippen molar-refractivity contribution in [2.45, 2.75) is 12.5 Å². The Balaban J connectivity index is 0.00000225. The standard InChI is InChI=1S/C10H11ClFNO2.ClH/c1-15-10(14)5-9(13)6-2-7(11)4-8(12)3-6;/h2-4,9H,5,13H2,1H3;1H/t9-;/m0./s1. The summed E-state index contributed by atoms with van der Waals surface area (Å²) < 4.78 is 17.4. The van der Waals surface area contributed by atoms with Crippen molar-refractivity contribution in [1.82, 2.24) is 0 Å². The molecule has 90 valence electrons. The summed E-state index contributed by atoms with van der Waals surface area (Å²) in [6.07, 6.45) is -0.00369. The van der Waals surface area contributed by atoms with Crippen LogP contribution < -0.4 is 5.73 Å². The van der Waals surface area contributed by atoms with Crippen LogP contribution in [0.3, 0.4) is 0 Å². The summed E-state index contributed by atoms with van der Waals surface area (Å²) in [5.41, 5.74) is 6.16. The van der Waals surface area contributed by atoms with Crippen molar-refractivity contribution in [3.05, 3.63) is 34.6 Å². The van der Waals surface area contributed by atoms with Gasteiger partial charge in [0.05, 0.1) is 13.5 Å². The number of benzene rings is 1. The first kappa shape index (κ1) is 15.2. The fraction of sp³-hybridized carbons (Fsp3) is 0.300. The molecule has 0 saturated heterocycles. The number of methoxy groups -OCH3 is 1. The second-order valence-electron chi connectivity index (χ2n) is 3.09. The van der Waals surface area contributed by atoms with E-state index in [0.717, 1.165) is 0 Å². The maximum Gasteiger partial charge on any atom is 0.307 e. The Morgan fingerprint density at radius 1 is 1.56 bits per heavy atom. The van der Waals surface area contributed by atoms with Crippen molar-refractivity contribution in [2.75, 3.05) is 7.11 Å². The quantitative estimate of drug-likeness (QED) is 0.857. The predicted molar refractivity (Wildman–Crippen MR) is 62.2 cm³/mol. The van der Waals surface area contributed by atoms with E-state index in [4.69, 9.17) is 17.3 Å². The Kier molecular flexibility index (Phi) is 6.33. The van der Waals surface area contributed by atoms with Crippen molar-refractivity contribution < 1.29 is 13.9 Å². The Morgan fingerprint density at radius 3 is 2.69 bits per heavy atom. The van der Waals surface area contributed by atoms with E-state index in [0.29, 0.717) is 5.56 Å². The third-order valence-electron chi connectivity index (χ3n) is 1.93. The summed E-state index contributed by atoms with van der Waals surface area (Å²) in [5, 5.41) is 0.255. The van der Waals surface area contributed by atoms with Crippen LogP contribution in [0.2, 0.25) is 5.02 Å². The van der Waals surface area contributed by atoms with Gasteiger partial charge in [-0.3, -0.25) is 4.79 Å². The number of hydrogen-bond acceptors (Lipinski definition) is 3. The molecule has 3 nitrogen and oxygen atoms in total. The first-order chi connectivity index (χ1) is 7.02. The van der Waals surface area contributed by atoms with Gasteiger partial charge >= 0.3 is 5.97 Å². The summed E-state index contributed by atoms with van der Waals surface area (Å²) in [4.78, 5) is 10.9. The van der Waals surface area contributed by atoms with Gasteiger partial charge in [0, 0.05) is 11.1 Å². The number of carbonyl (C=O) groups excluding carboxylic acids is 1. The second kappa shape index (κ2) is 6.68. The van der Waals surface area contributed by atoms with Gasteiger partial charge in [0.2, 0.25) is 0 Å². The van der Waals surface area contributed by atoms with E-state index in [1.54, 1.807) is 0 Å². The van der Waals surface area contributed by atoms with Gasteiger partial charge in [0.25, 0.3) is 0 Å². The van der Waals surface area contributed by atoms with E-state index in [1.807, 2.05) is 0 Å². The number of nitrogens with two attached hydrogens (primary N) is 1. The summed E-state index contributed by atoms with van der Waals surface area (Å²) in [7, 11) is 1.27. The van der Waals surface area contributed by atoms with Crippen molar-refractivity contribution in [3.63, 3.8) is 0 Å². The smallest absolute Gasteiger partial charge is 0.307 e. The van der Waals surface area contributed by atoms with Gasteiger partial charge in [-0.1, -0.05) is 11.6 Å². The van der Waals surface area contributed by atoms with E-state index in [2.05, 4.69) is 4.74 Å². The molecular weight excluding hydrogens is 256 g/mol. The number of halogens is 3. The Bertz CT molecular complexity index is 354. The number of hydrogen-bond donors (Lipinski definition) is 1. The minimum atomic E-state index is -0.606. The molecule has 0 aliphatic heterocycles. The maximum absolute atomic E-state index is 13.0. The lowest BCUT2D eigenvalue weighted by atomic mass is 10.0. The highest BCUT2D eigenvalue weighted by atomic mass is 35.5. The Morgan fingerprint density at radius 2 is 2.19 bits per heavy atom. The average molecular weight is 268 g/mol. The lowest BCUT2D eigenvalue weighted by molar-refractivity contribution is -0.141. The largest absolute Gasteiger partial charge is 0.469 e. The van der Waals surface area contributed by atoms with Crippen molar-refractivity contribution in [2.24, 2.45) is 5.73 Å². The van der Waals surface area contributed by atoms with E-state index < -0.39 is 17.8 Å². The molecule has 16 heavy (non-hydrogen) atoms. The van der Waals surface area contributed by atoms with Gasteiger partial charge in [-0.15, -0.1) is 12.4 Å². The van der Waals surface area contributed by atoms with Gasteiger partial charge in [-0.25, -0.2) is 4.39 Å². The summed E-state index contributed by atoms with van der Waals surface area (Å²) >= 11 is 5.65. The van der Waals surface area contributed by atoms with Gasteiger partial charge in [-0.05, 0) is 23.8 Å². The zero-order chi connectivity index (χ0) is 11.4. The summed E-state index contributed by atoms with van der Waals surface area (Å²) in [5.74, 6) is -0.916. The highest BCUT2D eigenvalue weighted by Gasteiger charge is 2.13. The van der Waals surface area contributed by atoms with Crippen LogP contribution in [-0.2, 0) is 9.53 Å². The van der Waals surface area contributed by atoms with Gasteiger partial charge < -0.3 is 10.5 Å². The molecule has 0 fully saturated rings. The van der Waals surface area contributed by atoms with E-state index in [9.17, 15) is 9.18 Å². The Labute approximate surface area is 104 Å². The molecule has 0 heterocycles. The second-order valence-corrected chi connectivity index (χ2v) is 3.53. The van der Waals surface area contributed by atoms with Crippen LogP contribution in [0, 0.1) is 5.82 Å². The monoisotopic (exact) mass is 267 g/mol. The lowest BCUT2D eigenvalue weighted by Crippen LogP contribution is -2.16. The molecular formula is C10H12Cl2FNO2. The van der Waals surface area contributed by atoms with Crippen LogP contribution in [0.15, 0.2) is 18.2 Å². The highest BCUT2D eigenvalue weighted by molar-refractivity contribution is 6.30. The molecule has 0 aromatic heterocycles. The number of carbonyl (C=O) groups is 1. The fourth-order valence-electron chi connectivity index (χ4n) is 1.17. The number of esters is 1. The third-order valence-corrected chi connectivity index (χ3v) is 2.15. The molecule has 0 radical (unpaired) electrons. The van der Waals surface area contributed by atoms with Gasteiger partial charge in [0.15, 0.2) is 0 Å². The average Bonchev–Trinajstić information content (AvgIpc) is 2.16. The highest BCUT2D eigenvalue weighted by Crippen LogP contribution is 2.20. The van der Waals surface area contributed by atoms with Gasteiger partial charge in [-0.2, -0.15) is 0 Å². The first-order valence-electron chi connectivity index (χ1n) is 4.31. The SMILES string of the molecule is COC(=O)C[C@H](N)c1cc(F)cc(Cl)c1.Cl. The minimum absolute atomic E-state index is 0. The minimum Gasteiger partial charge on any atom is -0.469 e. The summed E-state index contributed by atoms with van der Waals surface area (Å²) in [6.45, 7) is 0. The lowest BCUT2D eigenvalue weighted by Gasteiger charge is -2.10. The molecule has 0 bridgehead atoms. The van der Waals surface area contributed by atoms with Crippen molar-refractivity contribution in [3.8, 4) is 0 Å². The molecule has 0 amide bonds. The fourth-order valence-corrected chi connectivity index (χ4v) is 1.40. The number of rotatable bonds is 3. The van der Waals surface area contributed by atoms with Crippen LogP contribution in [0.4, 0.5) is 4.39 Å². The molecule has 0 aliphatic rings. The molecule has 1 aromatic carbocycles. The molecule has 0 unspecified atom stereocenters. The van der Waals surface area contributed by atoms with E-state index in [-0.39, 0.29) is 23.9 Å². The van der Waals surface area contributed by atoms with Crippen molar-refractivity contribution in [1.29, 1.82) is 0 Å². The normalized spacial score (nSPS) is 11.5. The molecule has 6 heteroatoms. The topological polar surface area (TPSA) is 52.3 Å². The van der Waals surface area contributed by atoms with Crippen molar-refractivity contribution >= 4 is 30.0 Å². The number of ether oxygens (including phenoxy) is 1. The zero-order valence-electron chi connectivity index (χ0n) is 8.57. The van der Waals surface area contributed by atoms with Crippen LogP contribution in [0.1, 0.15) is 18.0 Å². The molecule has 0 spiro atoms. The summed E-state index contributed by atoms with van der Waals surface area (Å²) in [6, 6.07) is 3.35. The zero-order valence-corrected chi connectivity index (χ0v) is 10.1. The van der Waals surface area contributed by atoms with Crippen LogP contribution in [0.25, 0.3) is 0 Å². The molecule has 1 atom stereocenters. The Hall–Kier alpha value is -0.840. The first-order valence-corrected chi connectivity index (χ1v) is 4.69. The van der Waals surface area contributed by atoms with Crippen LogP contribution >= 0.6 is 24.0 Å². The molecule has 1 rings (SSSR count). The van der Waals surface area contributed by atoms with E-state index >= 15 is 0 Å². The van der Waals surface area contributed by atoms with Crippen LogP contribution in [-0.4, -0.2) is 13.1 Å². The molecule has 0 aliphatic carbocycles. The predicted octanol–water partition coefficient (Wildman–Crippen LogP) is 2.46. The van der Waals surface area contributed by atoms with Crippen LogP contribution in [0.5, 0.6) is 0 Å². The van der Waals surface area contributed by atoms with Gasteiger partial charge in [0.1, 0.15) is 5.82 Å².